The maximum atomic E-state index is 14.7. The van der Waals surface area contributed by atoms with Gasteiger partial charge in [0.2, 0.25) is 0 Å². The van der Waals surface area contributed by atoms with Gasteiger partial charge in [-0.15, -0.1) is 0 Å². The summed E-state index contributed by atoms with van der Waals surface area (Å²) < 4.78 is 14.7. The Labute approximate surface area is 125 Å². The molecular weight excluding hydrogens is 281 g/mol. The number of nitrogens with two attached hydrogens (primary N) is 1. The van der Waals surface area contributed by atoms with E-state index in [1.165, 1.54) is 6.07 Å². The number of aromatic amines is 1. The van der Waals surface area contributed by atoms with E-state index < -0.39 is 11.7 Å². The van der Waals surface area contributed by atoms with E-state index in [1.54, 1.807) is 0 Å². The average molecular weight is 295 g/mol. The Balaban J connectivity index is 2.21. The summed E-state index contributed by atoms with van der Waals surface area (Å²) in [6.45, 7) is 1.33. The molecule has 22 heavy (non-hydrogen) atoms. The van der Waals surface area contributed by atoms with E-state index in [0.29, 0.717) is 17.6 Å². The van der Waals surface area contributed by atoms with Crippen LogP contribution in [0.4, 0.5) is 4.39 Å². The van der Waals surface area contributed by atoms with Crippen molar-refractivity contribution in [3.8, 4) is 0 Å². The number of aromatic nitrogens is 1. The second-order valence-corrected chi connectivity index (χ2v) is 5.43. The van der Waals surface area contributed by atoms with Crippen molar-refractivity contribution in [2.45, 2.75) is 0 Å². The predicted molar refractivity (Wildman–Crippen MR) is 85.1 cm³/mol. The van der Waals surface area contributed by atoms with Crippen molar-refractivity contribution >= 4 is 33.3 Å². The maximum Gasteiger partial charge on any atom is 0.250 e. The Kier molecular flexibility index (Phi) is 2.77. The Bertz CT molecular complexity index is 955. The normalized spacial score (nSPS) is 14.7. The number of carbonyl (C=O) groups is 1. The lowest BCUT2D eigenvalue weighted by Gasteiger charge is -2.09. The monoisotopic (exact) mass is 295 g/mol. The van der Waals surface area contributed by atoms with Crippen LogP contribution in [0.25, 0.3) is 27.4 Å². The molecule has 1 aliphatic heterocycles. The number of rotatable bonds is 2. The molecule has 2 aromatic carbocycles. The van der Waals surface area contributed by atoms with Crippen LogP contribution in [0.3, 0.4) is 0 Å². The molecule has 0 saturated heterocycles. The minimum atomic E-state index is -0.638. The highest BCUT2D eigenvalue weighted by atomic mass is 19.1. The van der Waals surface area contributed by atoms with Gasteiger partial charge in [0.15, 0.2) is 0 Å². The van der Waals surface area contributed by atoms with Crippen LogP contribution in [-0.2, 0) is 0 Å². The standard InChI is InChI=1S/C17H14FN3O/c18-12-7-11(17(19)22)16-15(14(12)9-5-6-20-8-9)10-3-1-2-4-13(10)21-16/h1-5,7,20-21H,6,8H2,(H2,19,22). The first kappa shape index (κ1) is 13.0. The fraction of sp³-hybridized carbons (Fsp3) is 0.118. The van der Waals surface area contributed by atoms with Gasteiger partial charge in [-0.1, -0.05) is 24.3 Å². The van der Waals surface area contributed by atoms with Gasteiger partial charge >= 0.3 is 0 Å². The predicted octanol–water partition coefficient (Wildman–Crippen LogP) is 2.55. The summed E-state index contributed by atoms with van der Waals surface area (Å²) in [6.07, 6.45) is 1.98. The van der Waals surface area contributed by atoms with Crippen LogP contribution in [0.1, 0.15) is 15.9 Å². The molecule has 0 spiro atoms. The van der Waals surface area contributed by atoms with E-state index in [4.69, 9.17) is 5.73 Å². The summed E-state index contributed by atoms with van der Waals surface area (Å²) in [7, 11) is 0. The fourth-order valence-corrected chi connectivity index (χ4v) is 3.17. The molecule has 4 N–H and O–H groups in total. The lowest BCUT2D eigenvalue weighted by Crippen LogP contribution is -2.13. The second-order valence-electron chi connectivity index (χ2n) is 5.43. The second kappa shape index (κ2) is 4.68. The van der Waals surface area contributed by atoms with Crippen LogP contribution in [-0.4, -0.2) is 24.0 Å². The summed E-state index contributed by atoms with van der Waals surface area (Å²) in [5, 5.41) is 4.79. The van der Waals surface area contributed by atoms with Gasteiger partial charge in [0.25, 0.3) is 5.91 Å². The molecule has 1 aliphatic rings. The largest absolute Gasteiger partial charge is 0.366 e. The van der Waals surface area contributed by atoms with Crippen molar-refractivity contribution in [2.24, 2.45) is 5.73 Å². The summed E-state index contributed by atoms with van der Waals surface area (Å²) in [5.74, 6) is -1.05. The number of carbonyl (C=O) groups excluding carboxylic acids is 1. The van der Waals surface area contributed by atoms with Crippen molar-refractivity contribution in [1.29, 1.82) is 0 Å². The van der Waals surface area contributed by atoms with Gasteiger partial charge in [0, 0.05) is 34.9 Å². The zero-order chi connectivity index (χ0) is 15.3. The molecule has 4 nitrogen and oxygen atoms in total. The molecule has 3 aromatic rings. The molecule has 110 valence electrons. The number of amides is 1. The number of H-pyrrole nitrogens is 1. The zero-order valence-electron chi connectivity index (χ0n) is 11.7. The lowest BCUT2D eigenvalue weighted by atomic mass is 9.96. The summed E-state index contributed by atoms with van der Waals surface area (Å²) in [4.78, 5) is 14.9. The molecule has 1 aromatic heterocycles. The highest BCUT2D eigenvalue weighted by Crippen LogP contribution is 2.36. The van der Waals surface area contributed by atoms with E-state index in [-0.39, 0.29) is 5.56 Å². The number of hydrogen-bond donors (Lipinski definition) is 3. The summed E-state index contributed by atoms with van der Waals surface area (Å²) >= 11 is 0. The van der Waals surface area contributed by atoms with Crippen molar-refractivity contribution < 1.29 is 9.18 Å². The number of para-hydroxylation sites is 1. The highest BCUT2D eigenvalue weighted by Gasteiger charge is 2.22. The van der Waals surface area contributed by atoms with Gasteiger partial charge < -0.3 is 16.0 Å². The Hall–Kier alpha value is -2.66. The van der Waals surface area contributed by atoms with Crippen LogP contribution in [0, 0.1) is 5.82 Å². The molecule has 4 rings (SSSR count). The quantitative estimate of drug-likeness (QED) is 0.680. The lowest BCUT2D eigenvalue weighted by molar-refractivity contribution is 0.100. The van der Waals surface area contributed by atoms with Crippen LogP contribution in [0.5, 0.6) is 0 Å². The number of halogens is 1. The number of nitrogens with one attached hydrogen (secondary N) is 2. The first-order chi connectivity index (χ1) is 10.7. The molecule has 2 heterocycles. The van der Waals surface area contributed by atoms with E-state index in [0.717, 1.165) is 28.4 Å². The van der Waals surface area contributed by atoms with E-state index in [9.17, 15) is 9.18 Å². The molecule has 0 unspecified atom stereocenters. The minimum absolute atomic E-state index is 0.180. The number of fused-ring (bicyclic) bond motifs is 3. The molecule has 0 saturated carbocycles. The molecular formula is C17H14FN3O. The van der Waals surface area contributed by atoms with Gasteiger partial charge in [-0.25, -0.2) is 4.39 Å². The summed E-state index contributed by atoms with van der Waals surface area (Å²) in [5.41, 5.74) is 8.51. The molecule has 0 aliphatic carbocycles. The number of hydrogen-bond acceptors (Lipinski definition) is 2. The third kappa shape index (κ3) is 1.76. The van der Waals surface area contributed by atoms with Crippen molar-refractivity contribution in [2.75, 3.05) is 13.1 Å². The van der Waals surface area contributed by atoms with Crippen LogP contribution in [0.2, 0.25) is 0 Å². The molecule has 0 atom stereocenters. The topological polar surface area (TPSA) is 70.9 Å². The van der Waals surface area contributed by atoms with Crippen molar-refractivity contribution in [3.05, 3.63) is 53.4 Å². The first-order valence-electron chi connectivity index (χ1n) is 7.09. The van der Waals surface area contributed by atoms with Crippen molar-refractivity contribution in [3.63, 3.8) is 0 Å². The van der Waals surface area contributed by atoms with Gasteiger partial charge in [0.1, 0.15) is 5.82 Å². The Morgan fingerprint density at radius 2 is 2.09 bits per heavy atom. The van der Waals surface area contributed by atoms with Crippen LogP contribution >= 0.6 is 0 Å². The zero-order valence-corrected chi connectivity index (χ0v) is 11.7. The highest BCUT2D eigenvalue weighted by molar-refractivity contribution is 6.18. The molecule has 5 heteroatoms. The van der Waals surface area contributed by atoms with Crippen LogP contribution < -0.4 is 11.1 Å². The van der Waals surface area contributed by atoms with Gasteiger partial charge in [-0.3, -0.25) is 4.79 Å². The van der Waals surface area contributed by atoms with Gasteiger partial charge in [0.05, 0.1) is 11.1 Å². The molecule has 0 fully saturated rings. The molecule has 1 amide bonds. The Morgan fingerprint density at radius 1 is 1.27 bits per heavy atom. The third-order valence-corrected chi connectivity index (χ3v) is 4.13. The maximum absolute atomic E-state index is 14.7. The number of primary amides is 1. The van der Waals surface area contributed by atoms with E-state index in [1.807, 2.05) is 30.3 Å². The summed E-state index contributed by atoms with van der Waals surface area (Å²) in [6, 6.07) is 8.85. The third-order valence-electron chi connectivity index (χ3n) is 4.13. The molecule has 0 bridgehead atoms. The van der Waals surface area contributed by atoms with Crippen molar-refractivity contribution in [1.82, 2.24) is 10.3 Å². The minimum Gasteiger partial charge on any atom is -0.366 e. The molecule has 0 radical (unpaired) electrons. The average Bonchev–Trinajstić information content (AvgIpc) is 3.14. The first-order valence-corrected chi connectivity index (χ1v) is 7.09. The smallest absolute Gasteiger partial charge is 0.250 e. The SMILES string of the molecule is NC(=O)c1cc(F)c(C2=CCNC2)c2c1[nH]c1ccccc12. The van der Waals surface area contributed by atoms with Gasteiger partial charge in [-0.05, 0) is 17.7 Å². The van der Waals surface area contributed by atoms with Crippen LogP contribution in [0.15, 0.2) is 36.4 Å². The number of benzene rings is 2. The van der Waals surface area contributed by atoms with E-state index >= 15 is 0 Å². The fourth-order valence-electron chi connectivity index (χ4n) is 3.17. The van der Waals surface area contributed by atoms with E-state index in [2.05, 4.69) is 10.3 Å². The Morgan fingerprint density at radius 3 is 2.82 bits per heavy atom. The van der Waals surface area contributed by atoms with Gasteiger partial charge in [-0.2, -0.15) is 0 Å².